The Balaban J connectivity index is 2.23. The van der Waals surface area contributed by atoms with Gasteiger partial charge in [-0.25, -0.2) is 0 Å². The van der Waals surface area contributed by atoms with Crippen molar-refractivity contribution in [2.24, 2.45) is 0 Å². The Morgan fingerprint density at radius 3 is 2.57 bits per heavy atom. The highest BCUT2D eigenvalue weighted by atomic mass is 16.1. The van der Waals surface area contributed by atoms with Crippen molar-refractivity contribution in [3.63, 3.8) is 0 Å². The maximum absolute atomic E-state index is 11.2. The summed E-state index contributed by atoms with van der Waals surface area (Å²) in [6.45, 7) is 2.52. The zero-order chi connectivity index (χ0) is 9.97. The second-order valence-corrected chi connectivity index (χ2v) is 3.37. The van der Waals surface area contributed by atoms with Gasteiger partial charge in [0.25, 0.3) is 5.56 Å². The fourth-order valence-corrected chi connectivity index (χ4v) is 1.41. The van der Waals surface area contributed by atoms with E-state index in [4.69, 9.17) is 0 Å². The van der Waals surface area contributed by atoms with Gasteiger partial charge >= 0.3 is 0 Å². The molecule has 0 atom stereocenters. The van der Waals surface area contributed by atoms with E-state index in [0.29, 0.717) is 6.54 Å². The van der Waals surface area contributed by atoms with Gasteiger partial charge in [-0.3, -0.25) is 14.6 Å². The first-order valence-electron chi connectivity index (χ1n) is 4.56. The third kappa shape index (κ3) is 1.76. The van der Waals surface area contributed by atoms with Crippen LogP contribution in [0.3, 0.4) is 0 Å². The van der Waals surface area contributed by atoms with Crippen molar-refractivity contribution in [3.05, 3.63) is 58.0 Å². The maximum atomic E-state index is 11.2. The number of nitrogens with one attached hydrogen (secondary N) is 1. The third-order valence-electron chi connectivity index (χ3n) is 2.15. The zero-order valence-corrected chi connectivity index (χ0v) is 8.03. The normalized spacial score (nSPS) is 10.4. The van der Waals surface area contributed by atoms with Gasteiger partial charge in [-0.05, 0) is 12.5 Å². The molecule has 0 amide bonds. The molecule has 1 aromatic carbocycles. The molecule has 0 unspecified atom stereocenters. The molecule has 0 fully saturated rings. The van der Waals surface area contributed by atoms with Gasteiger partial charge < -0.3 is 0 Å². The van der Waals surface area contributed by atoms with Crippen molar-refractivity contribution < 1.29 is 0 Å². The van der Waals surface area contributed by atoms with E-state index in [1.54, 1.807) is 11.6 Å². The molecule has 2 aromatic rings. The summed E-state index contributed by atoms with van der Waals surface area (Å²) >= 11 is 0. The van der Waals surface area contributed by atoms with E-state index in [2.05, 4.69) is 5.10 Å². The van der Waals surface area contributed by atoms with Crippen LogP contribution in [0.2, 0.25) is 0 Å². The number of benzene rings is 1. The Kier molecular flexibility index (Phi) is 2.23. The van der Waals surface area contributed by atoms with Crippen LogP contribution in [0.5, 0.6) is 0 Å². The monoisotopic (exact) mass is 188 g/mol. The molecule has 14 heavy (non-hydrogen) atoms. The van der Waals surface area contributed by atoms with Crippen molar-refractivity contribution in [2.45, 2.75) is 13.5 Å². The molecule has 0 aliphatic carbocycles. The Labute approximate surface area is 82.0 Å². The topological polar surface area (TPSA) is 37.8 Å². The van der Waals surface area contributed by atoms with E-state index in [1.165, 1.54) is 5.56 Å². The van der Waals surface area contributed by atoms with Gasteiger partial charge in [-0.1, -0.05) is 30.3 Å². The molecule has 1 aromatic heterocycles. The minimum atomic E-state index is -0.0130. The SMILES string of the molecule is Cc1cn(Cc2ccccc2)[nH]c1=O. The summed E-state index contributed by atoms with van der Waals surface area (Å²) < 4.78 is 1.80. The van der Waals surface area contributed by atoms with E-state index in [9.17, 15) is 4.79 Å². The van der Waals surface area contributed by atoms with E-state index in [1.807, 2.05) is 36.5 Å². The molecule has 0 aliphatic rings. The molecule has 0 aliphatic heterocycles. The Morgan fingerprint density at radius 2 is 2.00 bits per heavy atom. The Morgan fingerprint density at radius 1 is 1.29 bits per heavy atom. The van der Waals surface area contributed by atoms with Gasteiger partial charge in [0.1, 0.15) is 0 Å². The van der Waals surface area contributed by atoms with Crippen LogP contribution in [0.1, 0.15) is 11.1 Å². The number of rotatable bonds is 2. The van der Waals surface area contributed by atoms with Crippen molar-refractivity contribution in [3.8, 4) is 0 Å². The minimum absolute atomic E-state index is 0.0130. The molecule has 3 nitrogen and oxygen atoms in total. The van der Waals surface area contributed by atoms with Crippen molar-refractivity contribution in [1.29, 1.82) is 0 Å². The standard InChI is InChI=1S/C11H12N2O/c1-9-7-13(12-11(9)14)8-10-5-3-2-4-6-10/h2-7H,8H2,1H3,(H,12,14). The third-order valence-corrected chi connectivity index (χ3v) is 2.15. The molecule has 0 spiro atoms. The van der Waals surface area contributed by atoms with Crippen LogP contribution in [-0.2, 0) is 6.54 Å². The van der Waals surface area contributed by atoms with Gasteiger partial charge in [0.2, 0.25) is 0 Å². The van der Waals surface area contributed by atoms with Crippen LogP contribution < -0.4 is 5.56 Å². The maximum Gasteiger partial charge on any atom is 0.266 e. The molecule has 0 bridgehead atoms. The number of H-pyrrole nitrogens is 1. The number of hydrogen-bond donors (Lipinski definition) is 1. The first-order valence-corrected chi connectivity index (χ1v) is 4.56. The van der Waals surface area contributed by atoms with Gasteiger partial charge in [0, 0.05) is 11.8 Å². The highest BCUT2D eigenvalue weighted by Crippen LogP contribution is 2.00. The van der Waals surface area contributed by atoms with E-state index in [0.717, 1.165) is 5.56 Å². The molecule has 72 valence electrons. The first-order chi connectivity index (χ1) is 6.75. The predicted octanol–water partition coefficient (Wildman–Crippen LogP) is 1.53. The van der Waals surface area contributed by atoms with Crippen molar-refractivity contribution in [1.82, 2.24) is 9.78 Å². The van der Waals surface area contributed by atoms with Gasteiger partial charge in [-0.15, -0.1) is 0 Å². The average molecular weight is 188 g/mol. The highest BCUT2D eigenvalue weighted by Gasteiger charge is 1.98. The van der Waals surface area contributed by atoms with Crippen LogP contribution >= 0.6 is 0 Å². The molecular formula is C11H12N2O. The van der Waals surface area contributed by atoms with E-state index < -0.39 is 0 Å². The van der Waals surface area contributed by atoms with Crippen LogP contribution in [0, 0.1) is 6.92 Å². The first kappa shape index (κ1) is 8.81. The lowest BCUT2D eigenvalue weighted by Crippen LogP contribution is -2.07. The number of aromatic amines is 1. The summed E-state index contributed by atoms with van der Waals surface area (Å²) in [5.41, 5.74) is 1.92. The van der Waals surface area contributed by atoms with Crippen LogP contribution in [0.4, 0.5) is 0 Å². The molecule has 0 saturated heterocycles. The number of aryl methyl sites for hydroxylation is 1. The van der Waals surface area contributed by atoms with E-state index >= 15 is 0 Å². The summed E-state index contributed by atoms with van der Waals surface area (Å²) in [5.74, 6) is 0. The molecule has 1 heterocycles. The minimum Gasteiger partial charge on any atom is -0.288 e. The quantitative estimate of drug-likeness (QED) is 0.762. The number of aromatic nitrogens is 2. The number of hydrogen-bond acceptors (Lipinski definition) is 1. The largest absolute Gasteiger partial charge is 0.288 e. The molecular weight excluding hydrogens is 176 g/mol. The zero-order valence-electron chi connectivity index (χ0n) is 8.03. The molecule has 0 radical (unpaired) electrons. The predicted molar refractivity (Wildman–Crippen MR) is 55.3 cm³/mol. The second-order valence-electron chi connectivity index (χ2n) is 3.37. The van der Waals surface area contributed by atoms with Crippen LogP contribution in [-0.4, -0.2) is 9.78 Å². The fraction of sp³-hybridized carbons (Fsp3) is 0.182. The van der Waals surface area contributed by atoms with Gasteiger partial charge in [0.05, 0.1) is 6.54 Å². The number of nitrogens with zero attached hydrogens (tertiary/aromatic N) is 1. The van der Waals surface area contributed by atoms with Gasteiger partial charge in [0.15, 0.2) is 0 Å². The van der Waals surface area contributed by atoms with Crippen molar-refractivity contribution >= 4 is 0 Å². The summed E-state index contributed by atoms with van der Waals surface area (Å²) in [4.78, 5) is 11.2. The van der Waals surface area contributed by atoms with Gasteiger partial charge in [-0.2, -0.15) is 0 Å². The fourth-order valence-electron chi connectivity index (χ4n) is 1.41. The summed E-state index contributed by atoms with van der Waals surface area (Å²) in [5, 5.41) is 2.75. The molecule has 2 rings (SSSR count). The summed E-state index contributed by atoms with van der Waals surface area (Å²) in [6, 6.07) is 10.0. The van der Waals surface area contributed by atoms with Crippen LogP contribution in [0.25, 0.3) is 0 Å². The molecule has 3 heteroatoms. The average Bonchev–Trinajstić information content (AvgIpc) is 2.47. The smallest absolute Gasteiger partial charge is 0.266 e. The summed E-state index contributed by atoms with van der Waals surface area (Å²) in [6.07, 6.45) is 1.83. The van der Waals surface area contributed by atoms with E-state index in [-0.39, 0.29) is 5.56 Å². The Hall–Kier alpha value is -1.77. The molecule has 1 N–H and O–H groups in total. The van der Waals surface area contributed by atoms with Crippen LogP contribution in [0.15, 0.2) is 41.3 Å². The highest BCUT2D eigenvalue weighted by molar-refractivity contribution is 5.15. The van der Waals surface area contributed by atoms with Crippen molar-refractivity contribution in [2.75, 3.05) is 0 Å². The lowest BCUT2D eigenvalue weighted by Gasteiger charge is -2.01. The lowest BCUT2D eigenvalue weighted by atomic mass is 10.2. The molecule has 0 saturated carbocycles. The summed E-state index contributed by atoms with van der Waals surface area (Å²) in [7, 11) is 0. The Bertz CT molecular complexity index is 468. The lowest BCUT2D eigenvalue weighted by molar-refractivity contribution is 0.679. The second kappa shape index (κ2) is 3.54.